The largest absolute Gasteiger partial charge is 0.496 e. The van der Waals surface area contributed by atoms with E-state index in [4.69, 9.17) is 16.3 Å². The third-order valence-corrected chi connectivity index (χ3v) is 6.00. The number of nitrogens with zero attached hydrogens (tertiary/aromatic N) is 1. The molecule has 0 saturated carbocycles. The van der Waals surface area contributed by atoms with Gasteiger partial charge in [-0.1, -0.05) is 54.1 Å². The monoisotopic (exact) mass is 448 g/mol. The van der Waals surface area contributed by atoms with Gasteiger partial charge in [0.25, 0.3) is 11.8 Å². The Hall–Kier alpha value is -3.31. The van der Waals surface area contributed by atoms with Crippen LogP contribution in [-0.2, 0) is 0 Å². The molecule has 3 aromatic rings. The van der Waals surface area contributed by atoms with Crippen molar-refractivity contribution in [2.75, 3.05) is 20.2 Å². The van der Waals surface area contributed by atoms with E-state index in [9.17, 15) is 9.59 Å². The lowest BCUT2D eigenvalue weighted by Crippen LogP contribution is -2.46. The second kappa shape index (κ2) is 9.88. The van der Waals surface area contributed by atoms with E-state index in [0.717, 1.165) is 11.1 Å². The summed E-state index contributed by atoms with van der Waals surface area (Å²) in [6.07, 6.45) is 1.39. The minimum absolute atomic E-state index is 0.00399. The van der Waals surface area contributed by atoms with Gasteiger partial charge in [0.2, 0.25) is 0 Å². The van der Waals surface area contributed by atoms with Gasteiger partial charge in [-0.15, -0.1) is 0 Å². The number of nitrogens with one attached hydrogen (secondary N) is 1. The maximum absolute atomic E-state index is 12.9. The molecule has 0 aliphatic carbocycles. The summed E-state index contributed by atoms with van der Waals surface area (Å²) < 4.78 is 5.27. The average Bonchev–Trinajstić information content (AvgIpc) is 2.84. The molecule has 0 atom stereocenters. The highest BCUT2D eigenvalue weighted by Crippen LogP contribution is 2.24. The fourth-order valence-electron chi connectivity index (χ4n) is 3.97. The summed E-state index contributed by atoms with van der Waals surface area (Å²) in [5, 5.41) is 3.53. The van der Waals surface area contributed by atoms with Gasteiger partial charge in [0.15, 0.2) is 0 Å². The van der Waals surface area contributed by atoms with Gasteiger partial charge >= 0.3 is 0 Å². The van der Waals surface area contributed by atoms with Crippen molar-refractivity contribution in [3.8, 4) is 16.9 Å². The lowest BCUT2D eigenvalue weighted by molar-refractivity contribution is 0.0698. The first kappa shape index (κ1) is 21.9. The van der Waals surface area contributed by atoms with Crippen LogP contribution < -0.4 is 10.1 Å². The molecule has 0 spiro atoms. The lowest BCUT2D eigenvalue weighted by atomic mass is 10.0. The number of carbonyl (C=O) groups is 2. The van der Waals surface area contributed by atoms with Crippen molar-refractivity contribution in [3.05, 3.63) is 88.9 Å². The van der Waals surface area contributed by atoms with Crippen molar-refractivity contribution < 1.29 is 14.3 Å². The summed E-state index contributed by atoms with van der Waals surface area (Å²) in [7, 11) is 1.52. The Kier molecular flexibility index (Phi) is 6.76. The van der Waals surface area contributed by atoms with E-state index in [2.05, 4.69) is 17.4 Å². The quantitative estimate of drug-likeness (QED) is 0.594. The van der Waals surface area contributed by atoms with Gasteiger partial charge in [0, 0.05) is 29.7 Å². The fraction of sp³-hybridized carbons (Fsp3) is 0.231. The van der Waals surface area contributed by atoms with E-state index < -0.39 is 0 Å². The molecule has 1 fully saturated rings. The first-order chi connectivity index (χ1) is 15.5. The summed E-state index contributed by atoms with van der Waals surface area (Å²) in [4.78, 5) is 27.5. The molecule has 1 heterocycles. The molecule has 1 aliphatic rings. The zero-order chi connectivity index (χ0) is 22.5. The van der Waals surface area contributed by atoms with Gasteiger partial charge in [-0.2, -0.15) is 0 Å². The number of benzene rings is 3. The molecule has 164 valence electrons. The van der Waals surface area contributed by atoms with Gasteiger partial charge in [0.1, 0.15) is 5.75 Å². The number of rotatable bonds is 5. The molecule has 1 aliphatic heterocycles. The minimum Gasteiger partial charge on any atom is -0.496 e. The van der Waals surface area contributed by atoms with E-state index >= 15 is 0 Å². The smallest absolute Gasteiger partial charge is 0.255 e. The van der Waals surface area contributed by atoms with Gasteiger partial charge in [0.05, 0.1) is 12.7 Å². The van der Waals surface area contributed by atoms with Gasteiger partial charge < -0.3 is 15.0 Å². The molecular formula is C26H25ClN2O3. The number of hydrogen-bond acceptors (Lipinski definition) is 3. The van der Waals surface area contributed by atoms with Crippen LogP contribution in [0.25, 0.3) is 11.1 Å². The van der Waals surface area contributed by atoms with Crippen LogP contribution in [0.3, 0.4) is 0 Å². The molecule has 4 rings (SSSR count). The van der Waals surface area contributed by atoms with E-state index in [1.807, 2.05) is 47.4 Å². The third-order valence-electron chi connectivity index (χ3n) is 5.76. The number of hydrogen-bond donors (Lipinski definition) is 1. The SMILES string of the molecule is COc1ccc(Cl)cc1C(=O)NC1CCN(C(=O)c2ccc(-c3ccccc3)cc2)CC1. The number of amides is 2. The normalized spacial score (nSPS) is 14.1. The second-order valence-electron chi connectivity index (χ2n) is 7.83. The molecule has 32 heavy (non-hydrogen) atoms. The molecule has 5 nitrogen and oxygen atoms in total. The number of ether oxygens (including phenoxy) is 1. The van der Waals surface area contributed by atoms with Gasteiger partial charge in [-0.3, -0.25) is 9.59 Å². The summed E-state index contributed by atoms with van der Waals surface area (Å²) in [6, 6.07) is 22.8. The van der Waals surface area contributed by atoms with E-state index in [0.29, 0.717) is 47.8 Å². The Bertz CT molecular complexity index is 1090. The van der Waals surface area contributed by atoms with Crippen LogP contribution in [0.15, 0.2) is 72.8 Å². The fourth-order valence-corrected chi connectivity index (χ4v) is 4.14. The second-order valence-corrected chi connectivity index (χ2v) is 8.26. The molecule has 6 heteroatoms. The Morgan fingerprint density at radius 2 is 1.59 bits per heavy atom. The highest BCUT2D eigenvalue weighted by Gasteiger charge is 2.25. The van der Waals surface area contributed by atoms with Gasteiger partial charge in [-0.05, 0) is 54.3 Å². The number of piperidine rings is 1. The molecule has 0 unspecified atom stereocenters. The zero-order valence-electron chi connectivity index (χ0n) is 17.9. The van der Waals surface area contributed by atoms with E-state index in [1.165, 1.54) is 7.11 Å². The summed E-state index contributed by atoms with van der Waals surface area (Å²) in [5.74, 6) is 0.287. The lowest BCUT2D eigenvalue weighted by Gasteiger charge is -2.32. The minimum atomic E-state index is -0.217. The van der Waals surface area contributed by atoms with Crippen molar-refractivity contribution in [1.29, 1.82) is 0 Å². The van der Waals surface area contributed by atoms with Crippen molar-refractivity contribution in [2.24, 2.45) is 0 Å². The Morgan fingerprint density at radius 3 is 2.25 bits per heavy atom. The maximum Gasteiger partial charge on any atom is 0.255 e. The highest BCUT2D eigenvalue weighted by atomic mass is 35.5. The molecule has 0 radical (unpaired) electrons. The van der Waals surface area contributed by atoms with E-state index in [1.54, 1.807) is 18.2 Å². The van der Waals surface area contributed by atoms with Crippen LogP contribution >= 0.6 is 11.6 Å². The van der Waals surface area contributed by atoms with Crippen LogP contribution in [0.2, 0.25) is 5.02 Å². The Labute approximate surface area is 193 Å². The van der Waals surface area contributed by atoms with Crippen molar-refractivity contribution in [3.63, 3.8) is 0 Å². The Morgan fingerprint density at radius 1 is 0.938 bits per heavy atom. The maximum atomic E-state index is 12.9. The first-order valence-corrected chi connectivity index (χ1v) is 11.0. The topological polar surface area (TPSA) is 58.6 Å². The molecule has 0 bridgehead atoms. The molecule has 0 aromatic heterocycles. The van der Waals surface area contributed by atoms with E-state index in [-0.39, 0.29) is 17.9 Å². The molecule has 2 amide bonds. The van der Waals surface area contributed by atoms with Crippen LogP contribution in [0, 0.1) is 0 Å². The predicted octanol–water partition coefficient (Wildman–Crippen LogP) is 5.05. The molecular weight excluding hydrogens is 424 g/mol. The van der Waals surface area contributed by atoms with Crippen molar-refractivity contribution in [1.82, 2.24) is 10.2 Å². The zero-order valence-corrected chi connectivity index (χ0v) is 18.6. The number of methoxy groups -OCH3 is 1. The standard InChI is InChI=1S/C26H25ClN2O3/c1-32-24-12-11-21(27)17-23(24)25(30)28-22-13-15-29(16-14-22)26(31)20-9-7-19(8-10-20)18-5-3-2-4-6-18/h2-12,17,22H,13-16H2,1H3,(H,28,30). The number of carbonyl (C=O) groups excluding carboxylic acids is 2. The van der Waals surface area contributed by atoms with Gasteiger partial charge in [-0.25, -0.2) is 0 Å². The van der Waals surface area contributed by atoms with Crippen LogP contribution in [0.5, 0.6) is 5.75 Å². The first-order valence-electron chi connectivity index (χ1n) is 10.6. The molecule has 3 aromatic carbocycles. The van der Waals surface area contributed by atoms with Crippen LogP contribution in [0.4, 0.5) is 0 Å². The third kappa shape index (κ3) is 4.94. The number of likely N-dealkylation sites (tertiary alicyclic amines) is 1. The van der Waals surface area contributed by atoms with Crippen molar-refractivity contribution in [2.45, 2.75) is 18.9 Å². The average molecular weight is 449 g/mol. The summed E-state index contributed by atoms with van der Waals surface area (Å²) in [6.45, 7) is 1.19. The highest BCUT2D eigenvalue weighted by molar-refractivity contribution is 6.31. The molecule has 1 N–H and O–H groups in total. The Balaban J connectivity index is 1.34. The summed E-state index contributed by atoms with van der Waals surface area (Å²) in [5.41, 5.74) is 3.30. The summed E-state index contributed by atoms with van der Waals surface area (Å²) >= 11 is 6.04. The van der Waals surface area contributed by atoms with Crippen molar-refractivity contribution >= 4 is 23.4 Å². The predicted molar refractivity (Wildman–Crippen MR) is 126 cm³/mol. The number of halogens is 1. The van der Waals surface area contributed by atoms with Crippen LogP contribution in [0.1, 0.15) is 33.6 Å². The molecule has 1 saturated heterocycles. The van der Waals surface area contributed by atoms with Crippen LogP contribution in [-0.4, -0.2) is 43.0 Å².